The van der Waals surface area contributed by atoms with E-state index in [1.165, 1.54) is 0 Å². The van der Waals surface area contributed by atoms with Gasteiger partial charge in [0, 0.05) is 13.1 Å². The van der Waals surface area contributed by atoms with Crippen LogP contribution in [0.5, 0.6) is 0 Å². The lowest BCUT2D eigenvalue weighted by Crippen LogP contribution is -2.34. The minimum Gasteiger partial charge on any atom is -0.480 e. The highest BCUT2D eigenvalue weighted by Crippen LogP contribution is 2.13. The number of aliphatic carboxylic acids is 1. The molecule has 2 rings (SSSR count). The molecule has 0 spiro atoms. The Labute approximate surface area is 203 Å². The number of alkyl carbamates (subject to hydrolysis) is 1. The largest absolute Gasteiger partial charge is 0.480 e. The number of amides is 1. The highest BCUT2D eigenvalue weighted by molar-refractivity contribution is 6.30. The van der Waals surface area contributed by atoms with E-state index < -0.39 is 29.8 Å². The molecular formula is C23H31ClN4O6. The number of benzene rings is 1. The van der Waals surface area contributed by atoms with Gasteiger partial charge in [-0.3, -0.25) is 14.2 Å². The summed E-state index contributed by atoms with van der Waals surface area (Å²) in [4.78, 5) is 39.2. The third-order valence-electron chi connectivity index (χ3n) is 4.54. The third-order valence-corrected chi connectivity index (χ3v) is 4.89. The Morgan fingerprint density at radius 2 is 1.91 bits per heavy atom. The van der Waals surface area contributed by atoms with Crippen LogP contribution in [0, 0.1) is 6.92 Å². The SMILES string of the molecule is Cc1c(Cl)nc(NCCc2cccc(COCCNC(=O)OC(C)(C)C)c2)c(=O)n1CC(=O)O. The topological polar surface area (TPSA) is 132 Å². The van der Waals surface area contributed by atoms with Crippen molar-refractivity contribution in [2.24, 2.45) is 0 Å². The molecule has 0 aliphatic carbocycles. The van der Waals surface area contributed by atoms with E-state index in [-0.39, 0.29) is 11.0 Å². The normalized spacial score (nSPS) is 11.2. The molecule has 11 heteroatoms. The minimum absolute atomic E-state index is 0.00817. The first kappa shape index (κ1) is 27.1. The van der Waals surface area contributed by atoms with E-state index in [1.807, 2.05) is 24.3 Å². The summed E-state index contributed by atoms with van der Waals surface area (Å²) >= 11 is 6.06. The molecule has 2 aromatic rings. The van der Waals surface area contributed by atoms with Crippen molar-refractivity contribution in [2.75, 3.05) is 25.0 Å². The van der Waals surface area contributed by atoms with Crippen molar-refractivity contribution >= 4 is 29.5 Å². The van der Waals surface area contributed by atoms with E-state index in [9.17, 15) is 14.4 Å². The fourth-order valence-corrected chi connectivity index (χ4v) is 3.18. The zero-order chi connectivity index (χ0) is 25.3. The van der Waals surface area contributed by atoms with Crippen LogP contribution in [0.4, 0.5) is 10.6 Å². The summed E-state index contributed by atoms with van der Waals surface area (Å²) in [5, 5.41) is 14.7. The number of aromatic nitrogens is 2. The van der Waals surface area contributed by atoms with Crippen LogP contribution in [0.2, 0.25) is 5.15 Å². The number of nitrogens with zero attached hydrogens (tertiary/aromatic N) is 2. The summed E-state index contributed by atoms with van der Waals surface area (Å²) in [6.07, 6.45) is 0.115. The summed E-state index contributed by atoms with van der Waals surface area (Å²) < 4.78 is 11.9. The minimum atomic E-state index is -1.14. The van der Waals surface area contributed by atoms with Crippen molar-refractivity contribution in [3.05, 3.63) is 56.6 Å². The van der Waals surface area contributed by atoms with Gasteiger partial charge in [-0.15, -0.1) is 0 Å². The fourth-order valence-electron chi connectivity index (χ4n) is 2.99. The molecule has 3 N–H and O–H groups in total. The van der Waals surface area contributed by atoms with Crippen LogP contribution in [0.15, 0.2) is 29.1 Å². The summed E-state index contributed by atoms with van der Waals surface area (Å²) in [5.74, 6) is -1.13. The molecule has 0 radical (unpaired) electrons. The van der Waals surface area contributed by atoms with Gasteiger partial charge in [-0.05, 0) is 45.2 Å². The van der Waals surface area contributed by atoms with Crippen molar-refractivity contribution in [1.82, 2.24) is 14.9 Å². The molecule has 0 atom stereocenters. The molecule has 1 aromatic carbocycles. The molecular weight excluding hydrogens is 464 g/mol. The Hall–Kier alpha value is -3.11. The number of carboxylic acids is 1. The van der Waals surface area contributed by atoms with Crippen LogP contribution >= 0.6 is 11.6 Å². The molecule has 0 fully saturated rings. The summed E-state index contributed by atoms with van der Waals surface area (Å²) in [5.41, 5.74) is 1.20. The quantitative estimate of drug-likeness (QED) is 0.406. The first-order chi connectivity index (χ1) is 16.0. The number of rotatable bonds is 11. The molecule has 0 unspecified atom stereocenters. The molecule has 0 saturated carbocycles. The monoisotopic (exact) mass is 494 g/mol. The zero-order valence-electron chi connectivity index (χ0n) is 19.8. The van der Waals surface area contributed by atoms with Gasteiger partial charge in [0.2, 0.25) is 0 Å². The second-order valence-electron chi connectivity index (χ2n) is 8.60. The third kappa shape index (κ3) is 9.03. The molecule has 0 bridgehead atoms. The van der Waals surface area contributed by atoms with E-state index in [0.717, 1.165) is 15.7 Å². The zero-order valence-corrected chi connectivity index (χ0v) is 20.6. The fraction of sp³-hybridized carbons (Fsp3) is 0.478. The number of anilines is 1. The highest BCUT2D eigenvalue weighted by atomic mass is 35.5. The lowest BCUT2D eigenvalue weighted by atomic mass is 10.1. The maximum absolute atomic E-state index is 12.5. The molecule has 0 aliphatic heterocycles. The number of hydrogen-bond acceptors (Lipinski definition) is 7. The van der Waals surface area contributed by atoms with Gasteiger partial charge in [-0.1, -0.05) is 35.9 Å². The average molecular weight is 495 g/mol. The van der Waals surface area contributed by atoms with Crippen molar-refractivity contribution in [3.63, 3.8) is 0 Å². The van der Waals surface area contributed by atoms with E-state index in [1.54, 1.807) is 27.7 Å². The second-order valence-corrected chi connectivity index (χ2v) is 8.96. The number of carbonyl (C=O) groups is 2. The van der Waals surface area contributed by atoms with E-state index >= 15 is 0 Å². The maximum Gasteiger partial charge on any atom is 0.407 e. The first-order valence-corrected chi connectivity index (χ1v) is 11.2. The lowest BCUT2D eigenvalue weighted by molar-refractivity contribution is -0.137. The average Bonchev–Trinajstić information content (AvgIpc) is 2.73. The summed E-state index contributed by atoms with van der Waals surface area (Å²) in [6.45, 7) is 7.91. The van der Waals surface area contributed by atoms with Crippen LogP contribution in [0.1, 0.15) is 37.6 Å². The lowest BCUT2D eigenvalue weighted by Gasteiger charge is -2.19. The van der Waals surface area contributed by atoms with Gasteiger partial charge >= 0.3 is 12.1 Å². The van der Waals surface area contributed by atoms with Crippen LogP contribution in [-0.4, -0.2) is 52.0 Å². The predicted octanol–water partition coefficient (Wildman–Crippen LogP) is 2.99. The Kier molecular flexibility index (Phi) is 9.88. The first-order valence-electron chi connectivity index (χ1n) is 10.8. The second kappa shape index (κ2) is 12.4. The van der Waals surface area contributed by atoms with Crippen LogP contribution in [0.25, 0.3) is 0 Å². The van der Waals surface area contributed by atoms with Gasteiger partial charge in [0.05, 0.1) is 18.9 Å². The van der Waals surface area contributed by atoms with Crippen molar-refractivity contribution in [3.8, 4) is 0 Å². The van der Waals surface area contributed by atoms with Crippen molar-refractivity contribution < 1.29 is 24.2 Å². The van der Waals surface area contributed by atoms with Gasteiger partial charge in [0.25, 0.3) is 5.56 Å². The molecule has 1 aromatic heterocycles. The van der Waals surface area contributed by atoms with E-state index in [0.29, 0.717) is 38.4 Å². The van der Waals surface area contributed by atoms with Gasteiger partial charge in [0.15, 0.2) is 11.0 Å². The number of carboxylic acid groups (broad SMARTS) is 1. The molecule has 10 nitrogen and oxygen atoms in total. The number of carbonyl (C=O) groups excluding carboxylic acids is 1. The molecule has 0 saturated heterocycles. The highest BCUT2D eigenvalue weighted by Gasteiger charge is 2.16. The van der Waals surface area contributed by atoms with Gasteiger partial charge in [0.1, 0.15) is 12.1 Å². The van der Waals surface area contributed by atoms with Crippen LogP contribution in [0.3, 0.4) is 0 Å². The van der Waals surface area contributed by atoms with Crippen LogP contribution in [-0.2, 0) is 33.8 Å². The van der Waals surface area contributed by atoms with E-state index in [2.05, 4.69) is 15.6 Å². The molecule has 186 valence electrons. The molecule has 0 aliphatic rings. The van der Waals surface area contributed by atoms with Crippen molar-refractivity contribution in [1.29, 1.82) is 0 Å². The van der Waals surface area contributed by atoms with Gasteiger partial charge < -0.3 is 25.2 Å². The van der Waals surface area contributed by atoms with Crippen LogP contribution < -0.4 is 16.2 Å². The number of halogens is 1. The Morgan fingerprint density at radius 3 is 2.59 bits per heavy atom. The van der Waals surface area contributed by atoms with Gasteiger partial charge in [-0.2, -0.15) is 0 Å². The molecule has 34 heavy (non-hydrogen) atoms. The Bertz CT molecular complexity index is 1060. The maximum atomic E-state index is 12.5. The van der Waals surface area contributed by atoms with Gasteiger partial charge in [-0.25, -0.2) is 9.78 Å². The predicted molar refractivity (Wildman–Crippen MR) is 128 cm³/mol. The Morgan fingerprint density at radius 1 is 1.21 bits per heavy atom. The Balaban J connectivity index is 1.83. The van der Waals surface area contributed by atoms with E-state index in [4.69, 9.17) is 26.2 Å². The number of hydrogen-bond donors (Lipinski definition) is 3. The molecule has 1 amide bonds. The van der Waals surface area contributed by atoms with Crippen molar-refractivity contribution in [2.45, 2.75) is 52.9 Å². The summed E-state index contributed by atoms with van der Waals surface area (Å²) in [7, 11) is 0. The standard InChI is InChI=1S/C23H31ClN4O6/c1-15-19(24)27-20(21(31)28(15)13-18(29)30)25-9-8-16-6-5-7-17(12-16)14-33-11-10-26-22(32)34-23(2,3)4/h5-7,12H,8-11,13-14H2,1-4H3,(H,25,27)(H,26,32)(H,29,30). The smallest absolute Gasteiger partial charge is 0.407 e. The number of nitrogens with one attached hydrogen (secondary N) is 2. The number of ether oxygens (including phenoxy) is 2. The molecule has 1 heterocycles. The summed E-state index contributed by atoms with van der Waals surface area (Å²) in [6, 6.07) is 7.78.